The predicted octanol–water partition coefficient (Wildman–Crippen LogP) is 3.04. The Labute approximate surface area is 116 Å². The molecule has 2 N–H and O–H groups in total. The van der Waals surface area contributed by atoms with Gasteiger partial charge in [0.1, 0.15) is 6.04 Å². The van der Waals surface area contributed by atoms with Crippen molar-refractivity contribution >= 4 is 5.91 Å². The molecule has 0 saturated carbocycles. The number of carbonyl (C=O) groups excluding carboxylic acids is 1. The Morgan fingerprint density at radius 3 is 2.05 bits per heavy atom. The van der Waals surface area contributed by atoms with Crippen molar-refractivity contribution in [1.82, 2.24) is 0 Å². The van der Waals surface area contributed by atoms with Gasteiger partial charge in [0.15, 0.2) is 0 Å². The van der Waals surface area contributed by atoms with Crippen LogP contribution in [0.2, 0.25) is 0 Å². The van der Waals surface area contributed by atoms with Crippen molar-refractivity contribution in [1.29, 1.82) is 0 Å². The molecule has 0 radical (unpaired) electrons. The average Bonchev–Trinajstić information content (AvgIpc) is 2.37. The zero-order valence-corrected chi connectivity index (χ0v) is 11.8. The zero-order chi connectivity index (χ0) is 14.9. The smallest absolute Gasteiger partial charge is 0.224 e. The molecule has 3 nitrogen and oxygen atoms in total. The molecule has 0 saturated heterocycles. The quantitative estimate of drug-likeness (QED) is 0.173. The molecule has 0 aromatic rings. The summed E-state index contributed by atoms with van der Waals surface area (Å²) in [6.45, 7) is 14.7. The summed E-state index contributed by atoms with van der Waals surface area (Å²) in [6, 6.07) is -0.169. The predicted molar refractivity (Wildman–Crippen MR) is 81.9 cm³/mol. The third kappa shape index (κ3) is 5.20. The minimum Gasteiger partial charge on any atom is -0.224 e. The summed E-state index contributed by atoms with van der Waals surface area (Å²) in [7, 11) is 1.67. The van der Waals surface area contributed by atoms with Crippen molar-refractivity contribution in [3.63, 3.8) is 0 Å². The second-order valence-electron chi connectivity index (χ2n) is 4.59. The molecule has 0 rings (SSSR count). The fourth-order valence-electron chi connectivity index (χ4n) is 1.84. The van der Waals surface area contributed by atoms with Gasteiger partial charge in [-0.2, -0.15) is 10.4 Å². The maximum absolute atomic E-state index is 11.9. The minimum absolute atomic E-state index is 0.169. The molecule has 0 aromatic heterocycles. The van der Waals surface area contributed by atoms with Gasteiger partial charge in [0, 0.05) is 12.5 Å². The zero-order valence-electron chi connectivity index (χ0n) is 11.8. The number of rotatable bonds is 9. The first-order chi connectivity index (χ1) is 8.93. The van der Waals surface area contributed by atoms with E-state index >= 15 is 0 Å². The minimum atomic E-state index is -0.257. The molecule has 2 unspecified atom stereocenters. The van der Waals surface area contributed by atoms with Gasteiger partial charge in [0.2, 0.25) is 0 Å². The van der Waals surface area contributed by atoms with Crippen LogP contribution in [0.4, 0.5) is 0 Å². The lowest BCUT2D eigenvalue weighted by Gasteiger charge is -2.31. The fraction of sp³-hybridized carbons (Fsp3) is 0.312. The van der Waals surface area contributed by atoms with E-state index in [0.717, 1.165) is 18.4 Å². The van der Waals surface area contributed by atoms with Gasteiger partial charge in [-0.05, 0) is 18.9 Å². The topological polar surface area (TPSA) is 43.1 Å². The van der Waals surface area contributed by atoms with Crippen LogP contribution < -0.4 is 5.84 Å². The van der Waals surface area contributed by atoms with Crippen LogP contribution in [-0.4, -0.2) is 23.6 Å². The Balaban J connectivity index is 5.38. The first kappa shape index (κ1) is 17.3. The van der Waals surface area contributed by atoms with E-state index in [1.165, 1.54) is 6.08 Å². The number of likely N-dealkylation sites (N-methyl/N-ethyl adjacent to an activating group) is 1. The number of quaternary nitrogens is 1. The van der Waals surface area contributed by atoms with Crippen LogP contribution in [-0.2, 0) is 4.79 Å². The SMILES string of the molecule is C=CCC(=CC(CC=C)[N+](C)(N)C(=O)C=C)CC=C. The van der Waals surface area contributed by atoms with Gasteiger partial charge < -0.3 is 0 Å². The van der Waals surface area contributed by atoms with Crippen molar-refractivity contribution in [3.05, 3.63) is 62.3 Å². The Bertz CT molecular complexity index is 380. The van der Waals surface area contributed by atoms with E-state index in [1.54, 1.807) is 13.1 Å². The van der Waals surface area contributed by atoms with Crippen LogP contribution >= 0.6 is 0 Å². The molecule has 0 aliphatic carbocycles. The van der Waals surface area contributed by atoms with Crippen molar-refractivity contribution in [3.8, 4) is 0 Å². The first-order valence-corrected chi connectivity index (χ1v) is 6.28. The Kier molecular flexibility index (Phi) is 7.65. The Hall–Kier alpha value is -1.71. The van der Waals surface area contributed by atoms with Gasteiger partial charge in [-0.25, -0.2) is 4.79 Å². The van der Waals surface area contributed by atoms with E-state index in [4.69, 9.17) is 5.84 Å². The number of hydrogen-bond donors (Lipinski definition) is 1. The van der Waals surface area contributed by atoms with Crippen LogP contribution in [0.25, 0.3) is 0 Å². The molecule has 2 atom stereocenters. The molecular weight excluding hydrogens is 236 g/mol. The van der Waals surface area contributed by atoms with Crippen LogP contribution in [0.3, 0.4) is 0 Å². The summed E-state index contributed by atoms with van der Waals surface area (Å²) in [4.78, 5) is 11.9. The first-order valence-electron chi connectivity index (χ1n) is 6.28. The van der Waals surface area contributed by atoms with Crippen LogP contribution in [0.5, 0.6) is 0 Å². The number of nitrogens with two attached hydrogens (primary N) is 1. The van der Waals surface area contributed by atoms with E-state index in [-0.39, 0.29) is 16.5 Å². The molecule has 1 amide bonds. The standard InChI is InChI=1S/C16H25N2O/c1-6-10-14(11-7-2)13-15(12-8-3)18(5,17)16(19)9-4/h6-9,13,15H,1-4,10-12,17H2,5H3/q+1. The molecule has 104 valence electrons. The van der Waals surface area contributed by atoms with Gasteiger partial charge >= 0.3 is 5.91 Å². The molecule has 3 heteroatoms. The molecule has 0 aromatic carbocycles. The lowest BCUT2D eigenvalue weighted by Crippen LogP contribution is -2.60. The Morgan fingerprint density at radius 2 is 1.68 bits per heavy atom. The van der Waals surface area contributed by atoms with Gasteiger partial charge in [-0.15, -0.1) is 19.7 Å². The summed E-state index contributed by atoms with van der Waals surface area (Å²) in [5.41, 5.74) is 1.14. The summed E-state index contributed by atoms with van der Waals surface area (Å²) < 4.78 is -0.257. The normalized spacial score (nSPS) is 14.6. The molecule has 0 heterocycles. The van der Waals surface area contributed by atoms with Crippen LogP contribution in [0.1, 0.15) is 19.3 Å². The summed E-state index contributed by atoms with van der Waals surface area (Å²) >= 11 is 0. The largest absolute Gasteiger partial charge is 0.357 e. The third-order valence-corrected chi connectivity index (χ3v) is 2.99. The van der Waals surface area contributed by atoms with Gasteiger partial charge in [0.05, 0.1) is 7.05 Å². The number of carbonyl (C=O) groups is 1. The van der Waals surface area contributed by atoms with Crippen molar-refractivity contribution in [2.45, 2.75) is 25.3 Å². The highest BCUT2D eigenvalue weighted by Gasteiger charge is 2.33. The maximum atomic E-state index is 11.9. The summed E-state index contributed by atoms with van der Waals surface area (Å²) in [5, 5.41) is 0. The van der Waals surface area contributed by atoms with Crippen molar-refractivity contribution in [2.75, 3.05) is 7.05 Å². The van der Waals surface area contributed by atoms with Crippen molar-refractivity contribution < 1.29 is 9.39 Å². The molecule has 0 bridgehead atoms. The highest BCUT2D eigenvalue weighted by atomic mass is 16.2. The van der Waals surface area contributed by atoms with Crippen molar-refractivity contribution in [2.24, 2.45) is 5.84 Å². The molecule has 19 heavy (non-hydrogen) atoms. The van der Waals surface area contributed by atoms with Gasteiger partial charge in [-0.3, -0.25) is 0 Å². The highest BCUT2D eigenvalue weighted by Crippen LogP contribution is 2.17. The van der Waals surface area contributed by atoms with E-state index in [1.807, 2.05) is 18.2 Å². The Morgan fingerprint density at radius 1 is 1.16 bits per heavy atom. The number of nitrogens with zero attached hydrogens (tertiary/aromatic N) is 1. The van der Waals surface area contributed by atoms with Crippen LogP contribution in [0, 0.1) is 0 Å². The van der Waals surface area contributed by atoms with Gasteiger partial charge in [-0.1, -0.05) is 30.4 Å². The molecule has 0 fully saturated rings. The molecular formula is C16H25N2O+. The second kappa shape index (κ2) is 8.40. The number of allylic oxidation sites excluding steroid dienone is 3. The second-order valence-corrected chi connectivity index (χ2v) is 4.59. The molecule has 0 aliphatic rings. The summed E-state index contributed by atoms with van der Waals surface area (Å²) in [5.74, 6) is 5.89. The fourth-order valence-corrected chi connectivity index (χ4v) is 1.84. The maximum Gasteiger partial charge on any atom is 0.357 e. The number of hydrogen-bond acceptors (Lipinski definition) is 2. The van der Waals surface area contributed by atoms with E-state index < -0.39 is 0 Å². The number of amides is 1. The average molecular weight is 261 g/mol. The summed E-state index contributed by atoms with van der Waals surface area (Å²) in [6.07, 6.45) is 10.8. The van der Waals surface area contributed by atoms with Crippen LogP contribution in [0.15, 0.2) is 62.3 Å². The highest BCUT2D eigenvalue weighted by molar-refractivity contribution is 5.80. The molecule has 0 spiro atoms. The van der Waals surface area contributed by atoms with E-state index in [9.17, 15) is 4.79 Å². The monoisotopic (exact) mass is 261 g/mol. The van der Waals surface area contributed by atoms with Gasteiger partial charge in [0.25, 0.3) is 0 Å². The lowest BCUT2D eigenvalue weighted by atomic mass is 10.0. The lowest BCUT2D eigenvalue weighted by molar-refractivity contribution is -0.862. The van der Waals surface area contributed by atoms with E-state index in [2.05, 4.69) is 26.3 Å². The molecule has 0 aliphatic heterocycles. The van der Waals surface area contributed by atoms with E-state index in [0.29, 0.717) is 6.42 Å². The third-order valence-electron chi connectivity index (χ3n) is 2.99.